The van der Waals surface area contributed by atoms with Gasteiger partial charge in [-0.1, -0.05) is 30.3 Å². The molecule has 7 heteroatoms. The summed E-state index contributed by atoms with van der Waals surface area (Å²) in [4.78, 5) is 25.4. The number of carbonyl (C=O) groups is 2. The van der Waals surface area contributed by atoms with E-state index < -0.39 is 24.6 Å². The Morgan fingerprint density at radius 3 is 2.63 bits per heavy atom. The van der Waals surface area contributed by atoms with E-state index in [1.807, 2.05) is 30.3 Å². The Balaban J connectivity index is 1.72. The number of nitrogens with one attached hydrogen (secondary N) is 2. The van der Waals surface area contributed by atoms with Crippen molar-refractivity contribution in [3.8, 4) is 5.75 Å². The van der Waals surface area contributed by atoms with Crippen LogP contribution in [0.3, 0.4) is 0 Å². The van der Waals surface area contributed by atoms with Crippen LogP contribution in [0.15, 0.2) is 42.5 Å². The van der Waals surface area contributed by atoms with Crippen molar-refractivity contribution in [3.63, 3.8) is 0 Å². The molecule has 0 bridgehead atoms. The predicted octanol–water partition coefficient (Wildman–Crippen LogP) is 2.41. The molecule has 1 heterocycles. The van der Waals surface area contributed by atoms with Gasteiger partial charge in [0.1, 0.15) is 18.5 Å². The number of aliphatic hydroxyl groups is 1. The summed E-state index contributed by atoms with van der Waals surface area (Å²) in [5.41, 5.74) is 2.06. The summed E-state index contributed by atoms with van der Waals surface area (Å²) in [5, 5.41) is 14.6. The van der Waals surface area contributed by atoms with Gasteiger partial charge in [0.15, 0.2) is 0 Å². The van der Waals surface area contributed by atoms with Gasteiger partial charge in [0.25, 0.3) is 11.8 Å². The van der Waals surface area contributed by atoms with Gasteiger partial charge < -0.3 is 20.5 Å². The van der Waals surface area contributed by atoms with Crippen molar-refractivity contribution in [1.82, 2.24) is 10.6 Å². The van der Waals surface area contributed by atoms with Crippen molar-refractivity contribution in [2.45, 2.75) is 30.9 Å². The van der Waals surface area contributed by atoms with Crippen LogP contribution in [0.5, 0.6) is 5.75 Å². The molecule has 4 atom stereocenters. The van der Waals surface area contributed by atoms with Crippen molar-refractivity contribution < 1.29 is 23.8 Å². The zero-order chi connectivity index (χ0) is 21.3. The van der Waals surface area contributed by atoms with Crippen molar-refractivity contribution in [3.05, 3.63) is 64.7 Å². The Kier molecular flexibility index (Phi) is 5.72. The minimum absolute atomic E-state index is 0.0288. The maximum atomic E-state index is 13.8. The van der Waals surface area contributed by atoms with Gasteiger partial charge in [-0.2, -0.15) is 0 Å². The van der Waals surface area contributed by atoms with Crippen molar-refractivity contribution in [2.75, 3.05) is 20.3 Å². The third-order valence-corrected chi connectivity index (χ3v) is 5.88. The van der Waals surface area contributed by atoms with E-state index in [9.17, 15) is 14.0 Å². The fraction of sp³-hybridized carbons (Fsp3) is 0.391. The molecule has 1 fully saturated rings. The van der Waals surface area contributed by atoms with E-state index in [0.717, 1.165) is 12.0 Å². The Bertz CT molecular complexity index is 950. The first kappa shape index (κ1) is 20.3. The second-order valence-electron chi connectivity index (χ2n) is 7.81. The summed E-state index contributed by atoms with van der Waals surface area (Å²) < 4.78 is 19.7. The molecule has 4 rings (SSSR count). The van der Waals surface area contributed by atoms with Gasteiger partial charge >= 0.3 is 0 Å². The van der Waals surface area contributed by atoms with Gasteiger partial charge in [-0.05, 0) is 36.5 Å². The Hall–Kier alpha value is -2.93. The zero-order valence-corrected chi connectivity index (χ0v) is 16.7. The van der Waals surface area contributed by atoms with Crippen LogP contribution in [0.25, 0.3) is 0 Å². The van der Waals surface area contributed by atoms with E-state index in [1.165, 1.54) is 13.1 Å². The van der Waals surface area contributed by atoms with E-state index in [4.69, 9.17) is 9.84 Å². The molecule has 158 valence electrons. The third kappa shape index (κ3) is 3.77. The summed E-state index contributed by atoms with van der Waals surface area (Å²) >= 11 is 0. The van der Waals surface area contributed by atoms with Crippen LogP contribution < -0.4 is 15.4 Å². The first-order valence-electron chi connectivity index (χ1n) is 10.2. The van der Waals surface area contributed by atoms with Crippen LogP contribution in [-0.2, 0) is 0 Å². The maximum Gasteiger partial charge on any atom is 0.254 e. The zero-order valence-electron chi connectivity index (χ0n) is 16.7. The molecule has 1 aliphatic heterocycles. The highest BCUT2D eigenvalue weighted by atomic mass is 19.1. The minimum atomic E-state index is -0.763. The van der Waals surface area contributed by atoms with Gasteiger partial charge in [-0.3, -0.25) is 9.59 Å². The number of amides is 2. The number of ether oxygens (including phenoxy) is 1. The number of benzene rings is 2. The highest BCUT2D eigenvalue weighted by molar-refractivity contribution is 6.02. The van der Waals surface area contributed by atoms with E-state index in [1.54, 1.807) is 6.07 Å². The molecule has 1 saturated carbocycles. The van der Waals surface area contributed by atoms with Crippen molar-refractivity contribution in [1.29, 1.82) is 0 Å². The summed E-state index contributed by atoms with van der Waals surface area (Å²) in [6.45, 7) is -0.620. The van der Waals surface area contributed by atoms with E-state index in [2.05, 4.69) is 10.6 Å². The fourth-order valence-corrected chi connectivity index (χ4v) is 4.20. The average Bonchev–Trinajstić information content (AvgIpc) is 3.38. The number of halogens is 1. The lowest BCUT2D eigenvalue weighted by Gasteiger charge is -2.16. The molecule has 2 aliphatic rings. The number of aliphatic hydroxyl groups excluding tert-OH is 1. The van der Waals surface area contributed by atoms with E-state index >= 15 is 0 Å². The second kappa shape index (κ2) is 8.44. The van der Waals surface area contributed by atoms with Crippen molar-refractivity contribution in [2.24, 2.45) is 5.92 Å². The predicted molar refractivity (Wildman–Crippen MR) is 110 cm³/mol. The first-order valence-corrected chi connectivity index (χ1v) is 10.2. The Morgan fingerprint density at radius 2 is 1.97 bits per heavy atom. The summed E-state index contributed by atoms with van der Waals surface area (Å²) in [7, 11) is 1.50. The fourth-order valence-electron chi connectivity index (χ4n) is 4.20. The topological polar surface area (TPSA) is 87.7 Å². The molecule has 30 heavy (non-hydrogen) atoms. The molecule has 0 radical (unpaired) electrons. The molecule has 0 saturated heterocycles. The summed E-state index contributed by atoms with van der Waals surface area (Å²) in [6, 6.07) is 12.6. The van der Waals surface area contributed by atoms with Crippen LogP contribution in [0.4, 0.5) is 4.39 Å². The van der Waals surface area contributed by atoms with Crippen LogP contribution in [0, 0.1) is 5.92 Å². The van der Waals surface area contributed by atoms with Crippen LogP contribution >= 0.6 is 0 Å². The van der Waals surface area contributed by atoms with Gasteiger partial charge in [0, 0.05) is 30.8 Å². The maximum absolute atomic E-state index is 13.8. The van der Waals surface area contributed by atoms with E-state index in [-0.39, 0.29) is 30.0 Å². The van der Waals surface area contributed by atoms with Crippen LogP contribution in [0.2, 0.25) is 0 Å². The van der Waals surface area contributed by atoms with Gasteiger partial charge in [0.05, 0.1) is 11.5 Å². The molecule has 6 nitrogen and oxygen atoms in total. The lowest BCUT2D eigenvalue weighted by atomic mass is 9.86. The average molecular weight is 412 g/mol. The Labute approximate surface area is 174 Å². The molecule has 2 unspecified atom stereocenters. The Morgan fingerprint density at radius 1 is 1.20 bits per heavy atom. The minimum Gasteiger partial charge on any atom is -0.486 e. The molecular formula is C23H25FN2O4. The molecule has 0 spiro atoms. The normalized spacial score (nSPS) is 24.0. The number of hydrogen-bond acceptors (Lipinski definition) is 4. The molecule has 2 aromatic rings. The lowest BCUT2D eigenvalue weighted by Crippen LogP contribution is -2.28. The van der Waals surface area contributed by atoms with E-state index in [0.29, 0.717) is 23.3 Å². The standard InChI is InChI=1S/C23H25FN2O4/c1-25-23(29)17-10-15(22(28)26-18-11-14(18)7-8-27)9-16-20(13-5-3-2-4-6-13)19(12-24)30-21(16)17/h2-6,9-10,14,18-20,27H,7-8,11-12H2,1H3,(H,25,29)(H,26,28)/t14?,18?,19-,20+/m1/s1. The molecule has 2 amide bonds. The highest BCUT2D eigenvalue weighted by Gasteiger charge is 2.40. The quantitative estimate of drug-likeness (QED) is 0.652. The molecule has 3 N–H and O–H groups in total. The SMILES string of the molecule is CNC(=O)c1cc(C(=O)NC2CC2CCO)cc2c1O[C@H](CF)[C@H]2c1ccccc1. The lowest BCUT2D eigenvalue weighted by molar-refractivity contribution is 0.0948. The molecule has 0 aromatic heterocycles. The second-order valence-corrected chi connectivity index (χ2v) is 7.81. The molecule has 2 aromatic carbocycles. The third-order valence-electron chi connectivity index (χ3n) is 5.88. The highest BCUT2D eigenvalue weighted by Crippen LogP contribution is 2.45. The monoisotopic (exact) mass is 412 g/mol. The van der Waals surface area contributed by atoms with Crippen LogP contribution in [0.1, 0.15) is 50.6 Å². The summed E-state index contributed by atoms with van der Waals surface area (Å²) in [6.07, 6.45) is 0.724. The number of carbonyl (C=O) groups excluding carboxylic acids is 2. The van der Waals surface area contributed by atoms with Crippen LogP contribution in [-0.4, -0.2) is 49.4 Å². The van der Waals surface area contributed by atoms with Gasteiger partial charge in [-0.25, -0.2) is 4.39 Å². The first-order chi connectivity index (χ1) is 14.6. The molecule has 1 aliphatic carbocycles. The number of fused-ring (bicyclic) bond motifs is 1. The van der Waals surface area contributed by atoms with Gasteiger partial charge in [0.2, 0.25) is 0 Å². The number of hydrogen-bond donors (Lipinski definition) is 3. The smallest absolute Gasteiger partial charge is 0.254 e. The number of alkyl halides is 1. The molecular weight excluding hydrogens is 387 g/mol. The number of rotatable bonds is 7. The summed E-state index contributed by atoms with van der Waals surface area (Å²) in [5.74, 6) is -0.485. The van der Waals surface area contributed by atoms with Gasteiger partial charge in [-0.15, -0.1) is 0 Å². The van der Waals surface area contributed by atoms with Crippen molar-refractivity contribution >= 4 is 11.8 Å². The largest absolute Gasteiger partial charge is 0.486 e.